The van der Waals surface area contributed by atoms with Crippen molar-refractivity contribution in [3.8, 4) is 0 Å². The summed E-state index contributed by atoms with van der Waals surface area (Å²) in [5.74, 6) is 6.49. The molecule has 6 atom stereocenters. The molecule has 0 aromatic heterocycles. The average molecular weight is 507 g/mol. The van der Waals surface area contributed by atoms with Crippen molar-refractivity contribution < 1.29 is 0 Å². The predicted octanol–water partition coefficient (Wildman–Crippen LogP) is 13.3. The van der Waals surface area contributed by atoms with Gasteiger partial charge < -0.3 is 0 Å². The van der Waals surface area contributed by atoms with Gasteiger partial charge in [-0.1, -0.05) is 191 Å². The largest absolute Gasteiger partial charge is 0.0654 e. The highest BCUT2D eigenvalue weighted by Gasteiger charge is 2.10. The van der Waals surface area contributed by atoms with Gasteiger partial charge >= 0.3 is 0 Å². The second kappa shape index (κ2) is 24.1. The quantitative estimate of drug-likeness (QED) is 0.109. The smallest absolute Gasteiger partial charge is 0.0443 e. The van der Waals surface area contributed by atoms with Crippen LogP contribution >= 0.6 is 0 Å². The Hall–Kier alpha value is 0. The van der Waals surface area contributed by atoms with E-state index in [1.807, 2.05) is 0 Å². The van der Waals surface area contributed by atoms with E-state index in [4.69, 9.17) is 0 Å². The van der Waals surface area contributed by atoms with E-state index in [-0.39, 0.29) is 0 Å². The summed E-state index contributed by atoms with van der Waals surface area (Å²) in [4.78, 5) is 0. The van der Waals surface area contributed by atoms with Gasteiger partial charge in [0, 0.05) is 0 Å². The minimum atomic E-state index is 0.876. The lowest BCUT2D eigenvalue weighted by molar-refractivity contribution is 0.356. The van der Waals surface area contributed by atoms with Gasteiger partial charge in [0.15, 0.2) is 0 Å². The lowest BCUT2D eigenvalue weighted by Gasteiger charge is -2.17. The Morgan fingerprint density at radius 1 is 0.278 bits per heavy atom. The third kappa shape index (κ3) is 24.3. The van der Waals surface area contributed by atoms with E-state index in [9.17, 15) is 0 Å². The normalized spacial score (nSPS) is 17.2. The fraction of sp³-hybridized carbons (Fsp3) is 1.00. The first-order chi connectivity index (χ1) is 17.1. The molecular formula is C36H74. The van der Waals surface area contributed by atoms with Crippen molar-refractivity contribution in [3.05, 3.63) is 0 Å². The minimum Gasteiger partial charge on any atom is -0.0654 e. The molecule has 0 nitrogen and oxygen atoms in total. The molecule has 6 unspecified atom stereocenters. The summed E-state index contributed by atoms with van der Waals surface area (Å²) in [6, 6.07) is 0. The SMILES string of the molecule is CCCC(C)CCCC(C)CCCC(C)CCCC(C)CCCC(C)CCCC(C)CCCC(C)C. The molecule has 0 heterocycles. The molecule has 0 saturated carbocycles. The van der Waals surface area contributed by atoms with Gasteiger partial charge in [-0.15, -0.1) is 0 Å². The molecule has 0 bridgehead atoms. The molecule has 0 aromatic carbocycles. The molecule has 36 heavy (non-hydrogen) atoms. The Labute approximate surface area is 232 Å². The molecule has 0 aliphatic heterocycles. The van der Waals surface area contributed by atoms with Crippen LogP contribution in [0.3, 0.4) is 0 Å². The van der Waals surface area contributed by atoms with Crippen molar-refractivity contribution in [1.29, 1.82) is 0 Å². The van der Waals surface area contributed by atoms with Crippen LogP contribution < -0.4 is 0 Å². The molecule has 0 fully saturated rings. The molecule has 0 heteroatoms. The summed E-state index contributed by atoms with van der Waals surface area (Å²) in [6.07, 6.45) is 28.9. The van der Waals surface area contributed by atoms with E-state index in [2.05, 4.69) is 62.3 Å². The van der Waals surface area contributed by atoms with Gasteiger partial charge in [0.25, 0.3) is 0 Å². The topological polar surface area (TPSA) is 0 Å². The molecule has 0 spiro atoms. The van der Waals surface area contributed by atoms with Crippen LogP contribution in [0.15, 0.2) is 0 Å². The highest BCUT2D eigenvalue weighted by molar-refractivity contribution is 4.63. The molecule has 0 N–H and O–H groups in total. The van der Waals surface area contributed by atoms with Crippen LogP contribution in [0.25, 0.3) is 0 Å². The van der Waals surface area contributed by atoms with Crippen LogP contribution in [0, 0.1) is 41.4 Å². The summed E-state index contributed by atoms with van der Waals surface area (Å²) >= 11 is 0. The molecule has 218 valence electrons. The summed E-state index contributed by atoms with van der Waals surface area (Å²) in [6.45, 7) is 22.0. The summed E-state index contributed by atoms with van der Waals surface area (Å²) in [5, 5.41) is 0. The van der Waals surface area contributed by atoms with Gasteiger partial charge in [-0.3, -0.25) is 0 Å². The number of hydrogen-bond acceptors (Lipinski definition) is 0. The van der Waals surface area contributed by atoms with Gasteiger partial charge in [-0.05, 0) is 41.4 Å². The Balaban J connectivity index is 3.64. The van der Waals surface area contributed by atoms with Crippen LogP contribution in [0.5, 0.6) is 0 Å². The Bertz CT molecular complexity index is 437. The van der Waals surface area contributed by atoms with Gasteiger partial charge in [0.1, 0.15) is 0 Å². The van der Waals surface area contributed by atoms with Crippen molar-refractivity contribution in [2.24, 2.45) is 41.4 Å². The summed E-state index contributed by atoms with van der Waals surface area (Å²) < 4.78 is 0. The maximum absolute atomic E-state index is 2.51. The van der Waals surface area contributed by atoms with Gasteiger partial charge in [-0.25, -0.2) is 0 Å². The average Bonchev–Trinajstić information content (AvgIpc) is 2.79. The zero-order valence-electron chi connectivity index (χ0n) is 27.2. The predicted molar refractivity (Wildman–Crippen MR) is 168 cm³/mol. The van der Waals surface area contributed by atoms with Crippen LogP contribution in [-0.4, -0.2) is 0 Å². The van der Waals surface area contributed by atoms with Crippen LogP contribution in [-0.2, 0) is 0 Å². The van der Waals surface area contributed by atoms with E-state index < -0.39 is 0 Å². The first kappa shape index (κ1) is 36.0. The molecule has 0 aromatic rings. The number of rotatable bonds is 26. The standard InChI is InChI=1S/C36H74/c1-10-17-31(4)20-12-21-33(6)24-14-25-35(8)28-16-29-36(9)27-15-26-34(7)23-13-22-32(5)19-11-18-30(2)3/h30-36H,10-29H2,1-9H3. The molecule has 0 amide bonds. The fourth-order valence-corrected chi connectivity index (χ4v) is 6.31. The lowest BCUT2D eigenvalue weighted by Crippen LogP contribution is -2.03. The summed E-state index contributed by atoms with van der Waals surface area (Å²) in [5.41, 5.74) is 0. The molecular weight excluding hydrogens is 432 g/mol. The van der Waals surface area contributed by atoms with Crippen LogP contribution in [0.2, 0.25) is 0 Å². The molecule has 0 aliphatic carbocycles. The first-order valence-electron chi connectivity index (χ1n) is 17.1. The second-order valence-electron chi connectivity index (χ2n) is 14.4. The Morgan fingerprint density at radius 3 is 0.667 bits per heavy atom. The van der Waals surface area contributed by atoms with Gasteiger partial charge in [-0.2, -0.15) is 0 Å². The zero-order valence-corrected chi connectivity index (χ0v) is 27.2. The van der Waals surface area contributed by atoms with Gasteiger partial charge in [0.2, 0.25) is 0 Å². The van der Waals surface area contributed by atoms with Gasteiger partial charge in [0.05, 0.1) is 0 Å². The fourth-order valence-electron chi connectivity index (χ4n) is 6.31. The van der Waals surface area contributed by atoms with E-state index in [1.54, 1.807) is 0 Å². The lowest BCUT2D eigenvalue weighted by atomic mass is 9.89. The van der Waals surface area contributed by atoms with Crippen molar-refractivity contribution >= 4 is 0 Å². The highest BCUT2D eigenvalue weighted by Crippen LogP contribution is 2.25. The Morgan fingerprint density at radius 2 is 0.472 bits per heavy atom. The Kier molecular flexibility index (Phi) is 24.1. The third-order valence-corrected chi connectivity index (χ3v) is 9.23. The molecule has 0 saturated heterocycles. The first-order valence-corrected chi connectivity index (χ1v) is 17.1. The van der Waals surface area contributed by atoms with Crippen molar-refractivity contribution in [3.63, 3.8) is 0 Å². The van der Waals surface area contributed by atoms with Crippen LogP contribution in [0.4, 0.5) is 0 Å². The van der Waals surface area contributed by atoms with E-state index in [1.165, 1.54) is 128 Å². The molecule has 0 aliphatic rings. The van der Waals surface area contributed by atoms with Crippen molar-refractivity contribution in [1.82, 2.24) is 0 Å². The van der Waals surface area contributed by atoms with E-state index >= 15 is 0 Å². The minimum absolute atomic E-state index is 0.876. The molecule has 0 radical (unpaired) electrons. The van der Waals surface area contributed by atoms with Crippen LogP contribution in [0.1, 0.15) is 191 Å². The number of hydrogen-bond donors (Lipinski definition) is 0. The summed E-state index contributed by atoms with van der Waals surface area (Å²) in [7, 11) is 0. The highest BCUT2D eigenvalue weighted by atomic mass is 14.2. The second-order valence-corrected chi connectivity index (χ2v) is 14.4. The zero-order chi connectivity index (χ0) is 27.2. The monoisotopic (exact) mass is 507 g/mol. The van der Waals surface area contributed by atoms with Crippen molar-refractivity contribution in [2.45, 2.75) is 191 Å². The van der Waals surface area contributed by atoms with Crippen molar-refractivity contribution in [2.75, 3.05) is 0 Å². The maximum Gasteiger partial charge on any atom is -0.0443 e. The molecule has 0 rings (SSSR count). The third-order valence-electron chi connectivity index (χ3n) is 9.23. The maximum atomic E-state index is 2.51. The van der Waals surface area contributed by atoms with E-state index in [0.29, 0.717) is 0 Å². The van der Waals surface area contributed by atoms with E-state index in [0.717, 1.165) is 41.4 Å².